The Morgan fingerprint density at radius 3 is 2.72 bits per heavy atom. The molecule has 29 heavy (non-hydrogen) atoms. The molecule has 3 aromatic heterocycles. The number of hydrogen-bond donors (Lipinski definition) is 1. The van der Waals surface area contributed by atoms with Crippen molar-refractivity contribution in [2.45, 2.75) is 6.54 Å². The standard InChI is InChI=1S/C24H21N5/c1-17-28(2)16-23(29(17)15-18-6-4-3-5-7-18)22-13-19(8-10-25-22)21-12-20-9-11-26-24(20)27-14-21/h3-14,16H,1,15H2,2H3,(H,26,27). The molecule has 0 aliphatic carbocycles. The van der Waals surface area contributed by atoms with E-state index < -0.39 is 0 Å². The van der Waals surface area contributed by atoms with Crippen LogP contribution in [0, 0.1) is 0 Å². The maximum atomic E-state index is 4.66. The van der Waals surface area contributed by atoms with Gasteiger partial charge in [-0.2, -0.15) is 0 Å². The van der Waals surface area contributed by atoms with Gasteiger partial charge in [-0.05, 0) is 35.4 Å². The molecule has 1 N–H and O–H groups in total. The lowest BCUT2D eigenvalue weighted by molar-refractivity contribution is 0.400. The van der Waals surface area contributed by atoms with E-state index in [9.17, 15) is 0 Å². The van der Waals surface area contributed by atoms with Crippen LogP contribution in [0.15, 0.2) is 91.8 Å². The number of aromatic nitrogens is 3. The van der Waals surface area contributed by atoms with Crippen LogP contribution in [-0.4, -0.2) is 31.8 Å². The molecule has 0 bridgehead atoms. The van der Waals surface area contributed by atoms with Gasteiger partial charge in [-0.1, -0.05) is 36.9 Å². The second-order valence-electron chi connectivity index (χ2n) is 7.18. The molecule has 4 heterocycles. The lowest BCUT2D eigenvalue weighted by Gasteiger charge is -2.24. The predicted octanol–water partition coefficient (Wildman–Crippen LogP) is 4.84. The number of fused-ring (bicyclic) bond motifs is 1. The Balaban J connectivity index is 1.51. The highest BCUT2D eigenvalue weighted by Gasteiger charge is 2.25. The molecule has 4 aromatic rings. The monoisotopic (exact) mass is 379 g/mol. The molecule has 0 saturated heterocycles. The van der Waals surface area contributed by atoms with Crippen molar-refractivity contribution in [1.82, 2.24) is 24.8 Å². The fourth-order valence-electron chi connectivity index (χ4n) is 3.65. The summed E-state index contributed by atoms with van der Waals surface area (Å²) < 4.78 is 0. The highest BCUT2D eigenvalue weighted by molar-refractivity contribution is 5.82. The minimum Gasteiger partial charge on any atom is -0.346 e. The van der Waals surface area contributed by atoms with E-state index in [1.165, 1.54) is 5.56 Å². The van der Waals surface area contributed by atoms with Crippen molar-refractivity contribution in [2.24, 2.45) is 0 Å². The summed E-state index contributed by atoms with van der Waals surface area (Å²) in [5, 5.41) is 1.10. The van der Waals surface area contributed by atoms with Crippen LogP contribution in [0.2, 0.25) is 0 Å². The van der Waals surface area contributed by atoms with Crippen molar-refractivity contribution in [1.29, 1.82) is 0 Å². The van der Waals surface area contributed by atoms with Crippen LogP contribution in [-0.2, 0) is 6.54 Å². The number of benzene rings is 1. The molecule has 0 unspecified atom stereocenters. The number of hydrogen-bond acceptors (Lipinski definition) is 4. The molecule has 1 aromatic carbocycles. The van der Waals surface area contributed by atoms with Gasteiger partial charge in [0.2, 0.25) is 0 Å². The summed E-state index contributed by atoms with van der Waals surface area (Å²) in [6, 6.07) is 18.7. The van der Waals surface area contributed by atoms with Gasteiger partial charge in [0, 0.05) is 49.3 Å². The first-order valence-corrected chi connectivity index (χ1v) is 9.54. The van der Waals surface area contributed by atoms with Crippen molar-refractivity contribution < 1.29 is 0 Å². The summed E-state index contributed by atoms with van der Waals surface area (Å²) in [6.07, 6.45) is 7.75. The third-order valence-corrected chi connectivity index (χ3v) is 5.26. The van der Waals surface area contributed by atoms with Crippen LogP contribution < -0.4 is 0 Å². The van der Waals surface area contributed by atoms with E-state index in [0.29, 0.717) is 0 Å². The van der Waals surface area contributed by atoms with E-state index in [1.54, 1.807) is 0 Å². The van der Waals surface area contributed by atoms with E-state index >= 15 is 0 Å². The maximum Gasteiger partial charge on any atom is 0.137 e. The fraction of sp³-hybridized carbons (Fsp3) is 0.0833. The number of nitrogens with zero attached hydrogens (tertiary/aromatic N) is 4. The quantitative estimate of drug-likeness (QED) is 0.551. The van der Waals surface area contributed by atoms with Gasteiger partial charge in [-0.3, -0.25) is 4.98 Å². The van der Waals surface area contributed by atoms with Crippen LogP contribution in [0.4, 0.5) is 0 Å². The Kier molecular flexibility index (Phi) is 4.13. The number of rotatable bonds is 4. The summed E-state index contributed by atoms with van der Waals surface area (Å²) in [5.74, 6) is 0.937. The first-order chi connectivity index (χ1) is 14.2. The van der Waals surface area contributed by atoms with Crippen LogP contribution in [0.1, 0.15) is 11.3 Å². The average Bonchev–Trinajstić information content (AvgIpc) is 3.34. The fourth-order valence-corrected chi connectivity index (χ4v) is 3.65. The summed E-state index contributed by atoms with van der Waals surface area (Å²) in [6.45, 7) is 5.00. The zero-order valence-electron chi connectivity index (χ0n) is 16.2. The SMILES string of the molecule is C=C1N(C)C=C(c2cc(-c3cnc4[nH]ccc4c3)ccn2)N1Cc1ccccc1. The molecule has 0 fully saturated rings. The second-order valence-corrected chi connectivity index (χ2v) is 7.18. The van der Waals surface area contributed by atoms with Crippen LogP contribution in [0.5, 0.6) is 0 Å². The van der Waals surface area contributed by atoms with Gasteiger partial charge in [0.05, 0.1) is 11.4 Å². The van der Waals surface area contributed by atoms with Gasteiger partial charge in [-0.25, -0.2) is 4.98 Å². The minimum atomic E-state index is 0.749. The van der Waals surface area contributed by atoms with E-state index in [1.807, 2.05) is 48.7 Å². The Bertz CT molecular complexity index is 1220. The topological polar surface area (TPSA) is 48.1 Å². The van der Waals surface area contributed by atoms with Crippen molar-refractivity contribution >= 4 is 16.7 Å². The van der Waals surface area contributed by atoms with Crippen LogP contribution in [0.25, 0.3) is 27.9 Å². The molecule has 1 aliphatic heterocycles. The molecule has 1 aliphatic rings. The van der Waals surface area contributed by atoms with Crippen molar-refractivity contribution in [2.75, 3.05) is 7.05 Å². The Hall–Kier alpha value is -3.86. The molecular formula is C24H21N5. The molecule has 0 radical (unpaired) electrons. The number of nitrogens with one attached hydrogen (secondary N) is 1. The van der Waals surface area contributed by atoms with Gasteiger partial charge in [-0.15, -0.1) is 0 Å². The first-order valence-electron chi connectivity index (χ1n) is 9.54. The normalized spacial score (nSPS) is 14.0. The van der Waals surface area contributed by atoms with Crippen LogP contribution >= 0.6 is 0 Å². The van der Waals surface area contributed by atoms with Crippen molar-refractivity contribution in [3.8, 4) is 11.1 Å². The van der Waals surface area contributed by atoms with E-state index in [-0.39, 0.29) is 0 Å². The molecule has 0 atom stereocenters. The maximum absolute atomic E-state index is 4.66. The summed E-state index contributed by atoms with van der Waals surface area (Å²) >= 11 is 0. The minimum absolute atomic E-state index is 0.749. The Labute approximate surface area is 169 Å². The molecule has 0 spiro atoms. The summed E-state index contributed by atoms with van der Waals surface area (Å²) in [4.78, 5) is 16.6. The van der Waals surface area contributed by atoms with Crippen molar-refractivity contribution in [3.05, 3.63) is 103 Å². The largest absolute Gasteiger partial charge is 0.346 e. The van der Waals surface area contributed by atoms with Gasteiger partial charge in [0.1, 0.15) is 11.5 Å². The van der Waals surface area contributed by atoms with Crippen molar-refractivity contribution in [3.63, 3.8) is 0 Å². The average molecular weight is 379 g/mol. The van der Waals surface area contributed by atoms with E-state index in [4.69, 9.17) is 0 Å². The lowest BCUT2D eigenvalue weighted by atomic mass is 10.1. The third kappa shape index (κ3) is 3.17. The van der Waals surface area contributed by atoms with Gasteiger partial charge in [0.15, 0.2) is 0 Å². The van der Waals surface area contributed by atoms with Gasteiger partial charge < -0.3 is 14.8 Å². The van der Waals surface area contributed by atoms with E-state index in [0.717, 1.165) is 45.9 Å². The van der Waals surface area contributed by atoms with E-state index in [2.05, 4.69) is 69.0 Å². The molecule has 5 rings (SSSR count). The first kappa shape index (κ1) is 17.3. The molecule has 5 nitrogen and oxygen atoms in total. The zero-order chi connectivity index (χ0) is 19.8. The van der Waals surface area contributed by atoms with Gasteiger partial charge in [0.25, 0.3) is 0 Å². The highest BCUT2D eigenvalue weighted by Crippen LogP contribution is 2.33. The van der Waals surface area contributed by atoms with Crippen LogP contribution in [0.3, 0.4) is 0 Å². The van der Waals surface area contributed by atoms with Gasteiger partial charge >= 0.3 is 0 Å². The molecule has 5 heteroatoms. The predicted molar refractivity (Wildman–Crippen MR) is 116 cm³/mol. The lowest BCUT2D eigenvalue weighted by Crippen LogP contribution is -2.21. The zero-order valence-corrected chi connectivity index (χ0v) is 16.2. The summed E-state index contributed by atoms with van der Waals surface area (Å²) in [7, 11) is 2.01. The molecule has 0 saturated carbocycles. The molecular weight excluding hydrogens is 358 g/mol. The molecule has 0 amide bonds. The summed E-state index contributed by atoms with van der Waals surface area (Å²) in [5.41, 5.74) is 6.24. The molecule has 142 valence electrons. The second kappa shape index (κ2) is 6.95. The Morgan fingerprint density at radius 2 is 1.86 bits per heavy atom. The Morgan fingerprint density at radius 1 is 1.00 bits per heavy atom. The number of aromatic amines is 1. The number of pyridine rings is 2. The number of H-pyrrole nitrogens is 1. The smallest absolute Gasteiger partial charge is 0.137 e. The third-order valence-electron chi connectivity index (χ3n) is 5.26. The highest BCUT2D eigenvalue weighted by atomic mass is 15.4.